The summed E-state index contributed by atoms with van der Waals surface area (Å²) in [5, 5.41) is 13.4. The highest BCUT2D eigenvalue weighted by Gasteiger charge is 2.29. The standard InChI is InChI=1S/C19H16F3N5O2/c20-19(21,22)12-29-18-13(5-4-10-23-18)11-24-16-9-8-15(26-27-16)17(28)25-14-6-2-1-3-7-14/h1-10H,11-12H2,(H,24,27)(H,25,28). The number of hydrogen-bond acceptors (Lipinski definition) is 6. The molecule has 0 fully saturated rings. The van der Waals surface area contributed by atoms with Crippen molar-refractivity contribution in [1.29, 1.82) is 0 Å². The second kappa shape index (κ2) is 9.00. The monoisotopic (exact) mass is 403 g/mol. The molecule has 1 aromatic carbocycles. The number of pyridine rings is 1. The molecule has 7 nitrogen and oxygen atoms in total. The third-order valence-electron chi connectivity index (χ3n) is 3.61. The molecular formula is C19H16F3N5O2. The Labute approximate surface area is 164 Å². The van der Waals surface area contributed by atoms with Crippen LogP contribution in [0.5, 0.6) is 5.88 Å². The van der Waals surface area contributed by atoms with Crippen LogP contribution >= 0.6 is 0 Å². The van der Waals surface area contributed by atoms with E-state index < -0.39 is 18.7 Å². The fourth-order valence-electron chi connectivity index (χ4n) is 2.29. The number of nitrogens with one attached hydrogen (secondary N) is 2. The molecule has 3 aromatic rings. The Kier molecular flexibility index (Phi) is 6.22. The van der Waals surface area contributed by atoms with Gasteiger partial charge >= 0.3 is 6.18 Å². The van der Waals surface area contributed by atoms with E-state index in [2.05, 4.69) is 25.8 Å². The van der Waals surface area contributed by atoms with Crippen molar-refractivity contribution in [3.05, 3.63) is 72.1 Å². The Hall–Kier alpha value is -3.69. The van der Waals surface area contributed by atoms with Crippen LogP contribution in [0.2, 0.25) is 0 Å². The molecular weight excluding hydrogens is 387 g/mol. The van der Waals surface area contributed by atoms with Crippen LogP contribution in [0, 0.1) is 0 Å². The highest BCUT2D eigenvalue weighted by atomic mass is 19.4. The highest BCUT2D eigenvalue weighted by Crippen LogP contribution is 2.20. The molecule has 0 aliphatic carbocycles. The first kappa shape index (κ1) is 20.1. The molecule has 0 atom stereocenters. The summed E-state index contributed by atoms with van der Waals surface area (Å²) in [5.41, 5.74) is 1.17. The molecule has 0 bridgehead atoms. The number of amides is 1. The molecule has 10 heteroatoms. The van der Waals surface area contributed by atoms with Gasteiger partial charge in [0.05, 0.1) is 0 Å². The quantitative estimate of drug-likeness (QED) is 0.626. The van der Waals surface area contributed by atoms with Gasteiger partial charge in [-0.05, 0) is 30.3 Å². The molecule has 150 valence electrons. The van der Waals surface area contributed by atoms with Crippen LogP contribution < -0.4 is 15.4 Å². The average Bonchev–Trinajstić information content (AvgIpc) is 2.72. The summed E-state index contributed by atoms with van der Waals surface area (Å²) in [5.74, 6) is -0.193. The van der Waals surface area contributed by atoms with Gasteiger partial charge in [0.1, 0.15) is 5.82 Å². The van der Waals surface area contributed by atoms with Crippen molar-refractivity contribution in [2.75, 3.05) is 17.2 Å². The van der Waals surface area contributed by atoms with Gasteiger partial charge in [-0.2, -0.15) is 13.2 Å². The van der Waals surface area contributed by atoms with E-state index in [0.717, 1.165) is 0 Å². The van der Waals surface area contributed by atoms with Gasteiger partial charge in [0.2, 0.25) is 5.88 Å². The summed E-state index contributed by atoms with van der Waals surface area (Å²) < 4.78 is 41.8. The smallest absolute Gasteiger partial charge is 0.422 e. The maximum absolute atomic E-state index is 12.3. The molecule has 0 saturated heterocycles. The second-order valence-electron chi connectivity index (χ2n) is 5.85. The molecule has 0 aliphatic heterocycles. The highest BCUT2D eigenvalue weighted by molar-refractivity contribution is 6.02. The van der Waals surface area contributed by atoms with Gasteiger partial charge in [0.15, 0.2) is 12.3 Å². The third kappa shape index (κ3) is 6.16. The van der Waals surface area contributed by atoms with E-state index in [1.54, 1.807) is 42.5 Å². The molecule has 2 aromatic heterocycles. The molecule has 3 rings (SSSR count). The normalized spacial score (nSPS) is 11.0. The number of alkyl halides is 3. The SMILES string of the molecule is O=C(Nc1ccccc1)c1ccc(NCc2cccnc2OCC(F)(F)F)nn1. The summed E-state index contributed by atoms with van der Waals surface area (Å²) in [6.45, 7) is -1.31. The van der Waals surface area contributed by atoms with E-state index in [1.807, 2.05) is 6.07 Å². The van der Waals surface area contributed by atoms with Crippen LogP contribution in [0.3, 0.4) is 0 Å². The fourth-order valence-corrected chi connectivity index (χ4v) is 2.29. The number of rotatable bonds is 7. The number of para-hydroxylation sites is 1. The minimum absolute atomic E-state index is 0.116. The van der Waals surface area contributed by atoms with E-state index in [-0.39, 0.29) is 18.1 Å². The molecule has 0 aliphatic rings. The lowest BCUT2D eigenvalue weighted by Gasteiger charge is -2.12. The molecule has 0 saturated carbocycles. The minimum Gasteiger partial charge on any atom is -0.468 e. The predicted octanol–water partition coefficient (Wildman–Crippen LogP) is 3.68. The molecule has 2 N–H and O–H groups in total. The van der Waals surface area contributed by atoms with Crippen LogP contribution in [0.4, 0.5) is 24.7 Å². The van der Waals surface area contributed by atoms with Gasteiger partial charge in [0.25, 0.3) is 5.91 Å². The second-order valence-corrected chi connectivity index (χ2v) is 5.85. The largest absolute Gasteiger partial charge is 0.468 e. The maximum atomic E-state index is 12.3. The predicted molar refractivity (Wildman–Crippen MR) is 99.5 cm³/mol. The van der Waals surface area contributed by atoms with E-state index in [1.165, 1.54) is 12.3 Å². The molecule has 0 unspecified atom stereocenters. The Balaban J connectivity index is 1.59. The summed E-state index contributed by atoms with van der Waals surface area (Å²) >= 11 is 0. The van der Waals surface area contributed by atoms with E-state index in [0.29, 0.717) is 17.1 Å². The first-order valence-corrected chi connectivity index (χ1v) is 8.48. The number of benzene rings is 1. The Morgan fingerprint density at radius 3 is 2.48 bits per heavy atom. The number of aromatic nitrogens is 3. The molecule has 0 spiro atoms. The minimum atomic E-state index is -4.45. The first-order valence-electron chi connectivity index (χ1n) is 8.48. The molecule has 0 radical (unpaired) electrons. The number of ether oxygens (including phenoxy) is 1. The number of halogens is 3. The number of anilines is 2. The van der Waals surface area contributed by atoms with Gasteiger partial charge in [0, 0.05) is 24.0 Å². The zero-order valence-corrected chi connectivity index (χ0v) is 15.0. The van der Waals surface area contributed by atoms with Gasteiger partial charge in [-0.25, -0.2) is 4.98 Å². The van der Waals surface area contributed by atoms with Crippen molar-refractivity contribution in [2.24, 2.45) is 0 Å². The van der Waals surface area contributed by atoms with Crippen molar-refractivity contribution in [3.63, 3.8) is 0 Å². The molecule has 1 amide bonds. The molecule has 29 heavy (non-hydrogen) atoms. The Bertz CT molecular complexity index is 950. The summed E-state index contributed by atoms with van der Waals surface area (Å²) in [4.78, 5) is 16.0. The number of carbonyl (C=O) groups is 1. The van der Waals surface area contributed by atoms with Gasteiger partial charge in [-0.3, -0.25) is 4.79 Å². The molecule has 2 heterocycles. The van der Waals surface area contributed by atoms with Crippen molar-refractivity contribution < 1.29 is 22.7 Å². The lowest BCUT2D eigenvalue weighted by molar-refractivity contribution is -0.154. The van der Waals surface area contributed by atoms with Gasteiger partial charge in [-0.1, -0.05) is 24.3 Å². The lowest BCUT2D eigenvalue weighted by Crippen LogP contribution is -2.20. The lowest BCUT2D eigenvalue weighted by atomic mass is 10.2. The van der Waals surface area contributed by atoms with Crippen molar-refractivity contribution in [3.8, 4) is 5.88 Å². The zero-order chi connectivity index (χ0) is 20.7. The van der Waals surface area contributed by atoms with Crippen LogP contribution in [0.1, 0.15) is 16.1 Å². The maximum Gasteiger partial charge on any atom is 0.422 e. The van der Waals surface area contributed by atoms with Crippen molar-refractivity contribution in [2.45, 2.75) is 12.7 Å². The number of carbonyl (C=O) groups excluding carboxylic acids is 1. The third-order valence-corrected chi connectivity index (χ3v) is 3.61. The van der Waals surface area contributed by atoms with E-state index in [9.17, 15) is 18.0 Å². The average molecular weight is 403 g/mol. The van der Waals surface area contributed by atoms with Gasteiger partial charge < -0.3 is 15.4 Å². The van der Waals surface area contributed by atoms with Crippen molar-refractivity contribution >= 4 is 17.4 Å². The number of hydrogen-bond donors (Lipinski definition) is 2. The van der Waals surface area contributed by atoms with Crippen LogP contribution in [0.25, 0.3) is 0 Å². The Morgan fingerprint density at radius 1 is 1.00 bits per heavy atom. The summed E-state index contributed by atoms with van der Waals surface area (Å²) in [6, 6.07) is 15.1. The number of nitrogens with zero attached hydrogens (tertiary/aromatic N) is 3. The van der Waals surface area contributed by atoms with E-state index >= 15 is 0 Å². The zero-order valence-electron chi connectivity index (χ0n) is 15.0. The van der Waals surface area contributed by atoms with Crippen LogP contribution in [-0.2, 0) is 6.54 Å². The first-order chi connectivity index (χ1) is 13.9. The Morgan fingerprint density at radius 2 is 1.79 bits per heavy atom. The topological polar surface area (TPSA) is 89.0 Å². The van der Waals surface area contributed by atoms with E-state index in [4.69, 9.17) is 4.74 Å². The van der Waals surface area contributed by atoms with Crippen LogP contribution in [0.15, 0.2) is 60.8 Å². The summed E-state index contributed by atoms with van der Waals surface area (Å²) in [7, 11) is 0. The van der Waals surface area contributed by atoms with Gasteiger partial charge in [-0.15, -0.1) is 10.2 Å². The van der Waals surface area contributed by atoms with Crippen LogP contribution in [-0.4, -0.2) is 33.9 Å². The van der Waals surface area contributed by atoms with Crippen molar-refractivity contribution in [1.82, 2.24) is 15.2 Å². The fraction of sp³-hybridized carbons (Fsp3) is 0.158. The summed E-state index contributed by atoms with van der Waals surface area (Å²) in [6.07, 6.45) is -3.11.